The molecule has 0 atom stereocenters. The Balaban J connectivity index is 2.50. The van der Waals surface area contributed by atoms with Gasteiger partial charge < -0.3 is 25.7 Å². The number of unbranched alkanes of at least 4 members (excludes halogenated alkanes) is 2. The lowest BCUT2D eigenvalue weighted by Crippen LogP contribution is -2.46. The zero-order valence-corrected chi connectivity index (χ0v) is 21.5. The molecule has 0 saturated heterocycles. The molecule has 0 aromatic carbocycles. The van der Waals surface area contributed by atoms with Crippen LogP contribution in [0.2, 0.25) is 0 Å². The Hall–Kier alpha value is -3.89. The van der Waals surface area contributed by atoms with Gasteiger partial charge >= 0.3 is 23.9 Å². The van der Waals surface area contributed by atoms with Crippen LogP contribution in [0, 0.1) is 0 Å². The van der Waals surface area contributed by atoms with Crippen molar-refractivity contribution in [1.29, 1.82) is 0 Å². The number of nitrogens with zero attached hydrogens (tertiary/aromatic N) is 4. The normalized spacial score (nSPS) is 13.1. The minimum Gasteiger partial charge on any atom is -0.480 e. The molecule has 0 aliphatic carbocycles. The highest BCUT2D eigenvalue weighted by atomic mass is 16.4. The minimum absolute atomic E-state index is 0.00462. The number of rotatable bonds is 22. The van der Waals surface area contributed by atoms with Crippen molar-refractivity contribution in [3.8, 4) is 0 Å². The van der Waals surface area contributed by atoms with Gasteiger partial charge in [-0.3, -0.25) is 53.2 Å². The number of carboxylic acid groups (broad SMARTS) is 4. The molecule has 1 heterocycles. The lowest BCUT2D eigenvalue weighted by molar-refractivity contribution is -0.143. The number of hydrogen-bond donors (Lipinski definition) is 5. The Kier molecular flexibility index (Phi) is 14.9. The third-order valence-corrected chi connectivity index (χ3v) is 5.55. The van der Waals surface area contributed by atoms with E-state index in [4.69, 9.17) is 10.2 Å². The lowest BCUT2D eigenvalue weighted by atomic mass is 10.2. The van der Waals surface area contributed by atoms with Gasteiger partial charge in [0.15, 0.2) is 0 Å². The highest BCUT2D eigenvalue weighted by molar-refractivity contribution is 6.12. The van der Waals surface area contributed by atoms with E-state index in [1.54, 1.807) is 0 Å². The van der Waals surface area contributed by atoms with Crippen molar-refractivity contribution in [3.05, 3.63) is 12.2 Å². The molecule has 3 amide bonds. The molecule has 0 aromatic rings. The largest absolute Gasteiger partial charge is 0.480 e. The maximum Gasteiger partial charge on any atom is 0.317 e. The monoisotopic (exact) mass is 557 g/mol. The third-order valence-electron chi connectivity index (χ3n) is 5.55. The van der Waals surface area contributed by atoms with Crippen molar-refractivity contribution in [2.24, 2.45) is 0 Å². The van der Waals surface area contributed by atoms with E-state index in [1.807, 2.05) is 0 Å². The van der Waals surface area contributed by atoms with Gasteiger partial charge in [0, 0.05) is 51.4 Å². The van der Waals surface area contributed by atoms with Crippen LogP contribution in [0.15, 0.2) is 12.2 Å². The number of nitrogens with one attached hydrogen (secondary N) is 1. The number of carbonyl (C=O) groups excluding carboxylic acids is 3. The second kappa shape index (κ2) is 17.6. The summed E-state index contributed by atoms with van der Waals surface area (Å²) in [6.45, 7) is -1.73. The van der Waals surface area contributed by atoms with E-state index in [2.05, 4.69) is 5.32 Å². The molecule has 0 unspecified atom stereocenters. The Morgan fingerprint density at radius 3 is 1.49 bits per heavy atom. The van der Waals surface area contributed by atoms with Crippen LogP contribution >= 0.6 is 0 Å². The summed E-state index contributed by atoms with van der Waals surface area (Å²) in [5.74, 6) is -6.01. The van der Waals surface area contributed by atoms with E-state index in [0.29, 0.717) is 25.8 Å². The van der Waals surface area contributed by atoms with E-state index in [0.717, 1.165) is 9.80 Å². The zero-order chi connectivity index (χ0) is 29.4. The molecule has 39 heavy (non-hydrogen) atoms. The van der Waals surface area contributed by atoms with Crippen LogP contribution in [0.5, 0.6) is 0 Å². The average molecular weight is 558 g/mol. The minimum atomic E-state index is -1.24. The van der Waals surface area contributed by atoms with Crippen molar-refractivity contribution in [2.45, 2.75) is 19.3 Å². The van der Waals surface area contributed by atoms with Crippen molar-refractivity contribution in [1.82, 2.24) is 24.9 Å². The fourth-order valence-electron chi connectivity index (χ4n) is 3.74. The van der Waals surface area contributed by atoms with E-state index < -0.39 is 56.0 Å². The van der Waals surface area contributed by atoms with Gasteiger partial charge in [0.1, 0.15) is 0 Å². The summed E-state index contributed by atoms with van der Waals surface area (Å²) in [6, 6.07) is 0. The van der Waals surface area contributed by atoms with Gasteiger partial charge in [0.05, 0.1) is 32.7 Å². The van der Waals surface area contributed by atoms with Gasteiger partial charge in [-0.05, 0) is 19.3 Å². The first-order valence-electron chi connectivity index (χ1n) is 12.2. The fraction of sp³-hybridized carbons (Fsp3) is 0.609. The lowest BCUT2D eigenvalue weighted by Gasteiger charge is -2.27. The first-order chi connectivity index (χ1) is 18.4. The molecular formula is C23H35N5O11. The fourth-order valence-corrected chi connectivity index (χ4v) is 3.74. The molecular weight excluding hydrogens is 522 g/mol. The molecule has 0 spiro atoms. The van der Waals surface area contributed by atoms with Gasteiger partial charge in [0.25, 0.3) is 11.8 Å². The smallest absolute Gasteiger partial charge is 0.317 e. The SMILES string of the molecule is O=C(O)CN(CCN(CC(=O)O)CC(=O)O)CCN(CC(=O)O)CC(=O)NCCCCCN1C(=O)C=CC1=O. The maximum atomic E-state index is 12.3. The number of hydrogen-bond acceptors (Lipinski definition) is 10. The van der Waals surface area contributed by atoms with Gasteiger partial charge in [-0.25, -0.2) is 0 Å². The predicted octanol–water partition coefficient (Wildman–Crippen LogP) is -2.56. The quantitative estimate of drug-likeness (QED) is 0.0682. The number of imide groups is 1. The number of carbonyl (C=O) groups is 7. The van der Waals surface area contributed by atoms with Crippen molar-refractivity contribution in [2.75, 3.05) is 72.0 Å². The highest BCUT2D eigenvalue weighted by Crippen LogP contribution is 2.06. The van der Waals surface area contributed by atoms with Crippen LogP contribution in [-0.4, -0.2) is 154 Å². The molecule has 1 aliphatic heterocycles. The van der Waals surface area contributed by atoms with Crippen LogP contribution in [0.25, 0.3) is 0 Å². The van der Waals surface area contributed by atoms with E-state index in [1.165, 1.54) is 22.0 Å². The van der Waals surface area contributed by atoms with E-state index >= 15 is 0 Å². The summed E-state index contributed by atoms with van der Waals surface area (Å²) in [5, 5.41) is 39.0. The molecule has 16 nitrogen and oxygen atoms in total. The van der Waals surface area contributed by atoms with Crippen LogP contribution in [0.4, 0.5) is 0 Å². The Morgan fingerprint density at radius 1 is 0.615 bits per heavy atom. The van der Waals surface area contributed by atoms with Gasteiger partial charge in [-0.1, -0.05) is 0 Å². The van der Waals surface area contributed by atoms with Crippen LogP contribution < -0.4 is 5.32 Å². The number of aliphatic carboxylic acids is 4. The highest BCUT2D eigenvalue weighted by Gasteiger charge is 2.22. The summed E-state index contributed by atoms with van der Waals surface area (Å²) >= 11 is 0. The first kappa shape index (κ1) is 33.1. The molecule has 218 valence electrons. The molecule has 1 rings (SSSR count). The van der Waals surface area contributed by atoms with Crippen molar-refractivity contribution < 1.29 is 54.0 Å². The Morgan fingerprint density at radius 2 is 1.03 bits per heavy atom. The van der Waals surface area contributed by atoms with Crippen LogP contribution in [-0.2, 0) is 33.6 Å². The number of amides is 3. The standard InChI is InChI=1S/C23H35N5O11/c29-17(24-6-2-1-3-7-28-18(30)4-5-19(28)31)12-26(14-21(34)35)10-8-25(13-20(32)33)9-11-27(15-22(36)37)16-23(38)39/h4-5H,1-3,6-16H2,(H,24,29)(H,32,33)(H,34,35)(H,36,37)(H,38,39). The molecule has 0 aromatic heterocycles. The predicted molar refractivity (Wildman–Crippen MR) is 133 cm³/mol. The summed E-state index contributed by atoms with van der Waals surface area (Å²) in [4.78, 5) is 84.8. The maximum absolute atomic E-state index is 12.3. The summed E-state index contributed by atoms with van der Waals surface area (Å²) in [6.07, 6.45) is 4.20. The Bertz CT molecular complexity index is 905. The van der Waals surface area contributed by atoms with Crippen LogP contribution in [0.1, 0.15) is 19.3 Å². The van der Waals surface area contributed by atoms with E-state index in [9.17, 15) is 43.8 Å². The van der Waals surface area contributed by atoms with E-state index in [-0.39, 0.29) is 51.1 Å². The molecule has 0 saturated carbocycles. The Labute approximate surface area is 224 Å². The number of carboxylic acids is 4. The molecule has 5 N–H and O–H groups in total. The molecule has 1 aliphatic rings. The topological polar surface area (TPSA) is 225 Å². The molecule has 0 radical (unpaired) electrons. The average Bonchev–Trinajstić information content (AvgIpc) is 3.13. The third kappa shape index (κ3) is 15.2. The second-order valence-corrected chi connectivity index (χ2v) is 8.84. The summed E-state index contributed by atoms with van der Waals surface area (Å²) in [7, 11) is 0. The molecule has 16 heteroatoms. The summed E-state index contributed by atoms with van der Waals surface area (Å²) < 4.78 is 0. The van der Waals surface area contributed by atoms with Crippen molar-refractivity contribution in [3.63, 3.8) is 0 Å². The molecule has 0 bridgehead atoms. The van der Waals surface area contributed by atoms with Gasteiger partial charge in [-0.15, -0.1) is 0 Å². The van der Waals surface area contributed by atoms with Gasteiger partial charge in [-0.2, -0.15) is 0 Å². The zero-order valence-electron chi connectivity index (χ0n) is 21.5. The second-order valence-electron chi connectivity index (χ2n) is 8.84. The summed E-state index contributed by atoms with van der Waals surface area (Å²) in [5.41, 5.74) is 0. The first-order valence-corrected chi connectivity index (χ1v) is 12.2. The molecule has 0 fully saturated rings. The van der Waals surface area contributed by atoms with Gasteiger partial charge in [0.2, 0.25) is 5.91 Å². The van der Waals surface area contributed by atoms with Crippen molar-refractivity contribution >= 4 is 41.6 Å². The van der Waals surface area contributed by atoms with Crippen LogP contribution in [0.3, 0.4) is 0 Å².